The third-order valence-corrected chi connectivity index (χ3v) is 3.52. The van der Waals surface area contributed by atoms with Crippen molar-refractivity contribution >= 4 is 39.7 Å². The predicted molar refractivity (Wildman–Crippen MR) is 72.2 cm³/mol. The molecule has 0 atom stereocenters. The van der Waals surface area contributed by atoms with Crippen LogP contribution in [0.15, 0.2) is 40.9 Å². The highest BCUT2D eigenvalue weighted by Crippen LogP contribution is 2.25. The minimum Gasteiger partial charge on any atom is -0.272 e. The molecule has 1 aromatic heterocycles. The largest absolute Gasteiger partial charge is 0.272 e. The number of hydrogen-bond donors (Lipinski definition) is 0. The Morgan fingerprint density at radius 2 is 2.28 bits per heavy atom. The maximum atomic E-state index is 11.9. The Morgan fingerprint density at radius 3 is 3.00 bits per heavy atom. The molecule has 4 nitrogen and oxygen atoms in total. The van der Waals surface area contributed by atoms with Gasteiger partial charge in [0.15, 0.2) is 0 Å². The van der Waals surface area contributed by atoms with Gasteiger partial charge in [0.2, 0.25) is 5.13 Å². The van der Waals surface area contributed by atoms with Gasteiger partial charge in [0.1, 0.15) is 0 Å². The molecular weight excluding hydrogens is 270 g/mol. The zero-order chi connectivity index (χ0) is 12.5. The zero-order valence-electron chi connectivity index (χ0n) is 9.21. The fourth-order valence-electron chi connectivity index (χ4n) is 1.73. The van der Waals surface area contributed by atoms with Gasteiger partial charge >= 0.3 is 0 Å². The second-order valence-corrected chi connectivity index (χ2v) is 5.06. The van der Waals surface area contributed by atoms with E-state index in [-0.39, 0.29) is 12.3 Å². The first-order chi connectivity index (χ1) is 8.74. The molecule has 18 heavy (non-hydrogen) atoms. The number of hydrazone groups is 1. The summed E-state index contributed by atoms with van der Waals surface area (Å²) < 4.78 is 0. The van der Waals surface area contributed by atoms with Crippen LogP contribution in [-0.4, -0.2) is 16.6 Å². The molecule has 1 amide bonds. The van der Waals surface area contributed by atoms with Crippen molar-refractivity contribution in [3.63, 3.8) is 0 Å². The molecule has 0 aliphatic carbocycles. The third-order valence-electron chi connectivity index (χ3n) is 2.53. The number of carbonyl (C=O) groups excluding carboxylic acids is 1. The summed E-state index contributed by atoms with van der Waals surface area (Å²) in [5, 5.41) is 8.70. The average molecular weight is 278 g/mol. The van der Waals surface area contributed by atoms with Crippen molar-refractivity contribution in [1.29, 1.82) is 0 Å². The van der Waals surface area contributed by atoms with Crippen LogP contribution in [0.4, 0.5) is 5.13 Å². The molecule has 0 saturated heterocycles. The first-order valence-corrected chi connectivity index (χ1v) is 6.55. The Kier molecular flexibility index (Phi) is 2.85. The lowest BCUT2D eigenvalue weighted by atomic mass is 10.1. The van der Waals surface area contributed by atoms with Gasteiger partial charge in [-0.25, -0.2) is 4.98 Å². The molecule has 3 rings (SSSR count). The zero-order valence-corrected chi connectivity index (χ0v) is 10.8. The van der Waals surface area contributed by atoms with Gasteiger partial charge in [-0.05, 0) is 17.7 Å². The Balaban J connectivity index is 1.96. The van der Waals surface area contributed by atoms with E-state index in [2.05, 4.69) is 10.1 Å². The van der Waals surface area contributed by atoms with Crippen LogP contribution in [-0.2, 0) is 4.79 Å². The summed E-state index contributed by atoms with van der Waals surface area (Å²) in [5.41, 5.74) is 1.59. The number of halogens is 1. The summed E-state index contributed by atoms with van der Waals surface area (Å²) in [4.78, 5) is 16.0. The summed E-state index contributed by atoms with van der Waals surface area (Å²) in [5.74, 6) is -0.0695. The number of thiazole rings is 1. The van der Waals surface area contributed by atoms with Gasteiger partial charge in [0.05, 0.1) is 12.1 Å². The highest BCUT2D eigenvalue weighted by Gasteiger charge is 2.27. The lowest BCUT2D eigenvalue weighted by Crippen LogP contribution is -2.19. The molecule has 1 aromatic carbocycles. The summed E-state index contributed by atoms with van der Waals surface area (Å²) in [7, 11) is 0. The van der Waals surface area contributed by atoms with Crippen LogP contribution >= 0.6 is 22.9 Å². The quantitative estimate of drug-likeness (QED) is 0.847. The van der Waals surface area contributed by atoms with Crippen LogP contribution < -0.4 is 5.01 Å². The lowest BCUT2D eigenvalue weighted by Gasteiger charge is -2.05. The number of aromatic nitrogens is 1. The number of anilines is 1. The average Bonchev–Trinajstić information content (AvgIpc) is 2.97. The van der Waals surface area contributed by atoms with Gasteiger partial charge in [-0.15, -0.1) is 11.3 Å². The maximum Gasteiger partial charge on any atom is 0.255 e. The summed E-state index contributed by atoms with van der Waals surface area (Å²) in [6.07, 6.45) is 1.93. The van der Waals surface area contributed by atoms with Crippen LogP contribution in [0.3, 0.4) is 0 Å². The third kappa shape index (κ3) is 2.02. The van der Waals surface area contributed by atoms with Crippen molar-refractivity contribution < 1.29 is 4.79 Å². The van der Waals surface area contributed by atoms with Gasteiger partial charge < -0.3 is 0 Å². The van der Waals surface area contributed by atoms with E-state index in [9.17, 15) is 4.79 Å². The van der Waals surface area contributed by atoms with Crippen molar-refractivity contribution in [2.24, 2.45) is 5.10 Å². The van der Waals surface area contributed by atoms with Crippen LogP contribution in [0.2, 0.25) is 5.02 Å². The molecule has 2 aromatic rings. The van der Waals surface area contributed by atoms with Gasteiger partial charge in [0.25, 0.3) is 5.91 Å². The lowest BCUT2D eigenvalue weighted by molar-refractivity contribution is -0.116. The van der Waals surface area contributed by atoms with E-state index < -0.39 is 0 Å². The molecule has 0 unspecified atom stereocenters. The molecule has 0 radical (unpaired) electrons. The molecule has 6 heteroatoms. The molecule has 0 spiro atoms. The van der Waals surface area contributed by atoms with E-state index in [0.29, 0.717) is 10.2 Å². The van der Waals surface area contributed by atoms with Crippen molar-refractivity contribution in [1.82, 2.24) is 4.98 Å². The van der Waals surface area contributed by atoms with E-state index in [4.69, 9.17) is 11.6 Å². The van der Waals surface area contributed by atoms with Gasteiger partial charge in [-0.3, -0.25) is 4.79 Å². The molecule has 0 N–H and O–H groups in total. The van der Waals surface area contributed by atoms with Gasteiger partial charge in [-0.1, -0.05) is 23.7 Å². The van der Waals surface area contributed by atoms with E-state index in [1.807, 2.05) is 17.5 Å². The fourth-order valence-corrected chi connectivity index (χ4v) is 2.53. The number of nitrogens with zero attached hydrogens (tertiary/aromatic N) is 3. The van der Waals surface area contributed by atoms with E-state index >= 15 is 0 Å². The molecule has 90 valence electrons. The number of amides is 1. The summed E-state index contributed by atoms with van der Waals surface area (Å²) >= 11 is 7.32. The molecule has 1 aliphatic heterocycles. The molecular formula is C12H8ClN3OS. The van der Waals surface area contributed by atoms with Crippen molar-refractivity contribution in [3.05, 3.63) is 46.4 Å². The monoisotopic (exact) mass is 277 g/mol. The number of carbonyl (C=O) groups is 1. The van der Waals surface area contributed by atoms with Crippen LogP contribution in [0.5, 0.6) is 0 Å². The molecule has 2 heterocycles. The Bertz CT molecular complexity index is 624. The first kappa shape index (κ1) is 11.4. The molecule has 0 fully saturated rings. The minimum absolute atomic E-state index is 0.0695. The Morgan fingerprint density at radius 1 is 1.39 bits per heavy atom. The second kappa shape index (κ2) is 4.51. The standard InChI is InChI=1S/C12H8ClN3OS/c13-9-3-1-2-8(6-9)10-7-11(17)16(15-10)12-14-4-5-18-12/h1-6H,7H2. The number of benzene rings is 1. The number of rotatable bonds is 2. The van der Waals surface area contributed by atoms with E-state index in [0.717, 1.165) is 11.3 Å². The highest BCUT2D eigenvalue weighted by atomic mass is 35.5. The second-order valence-electron chi connectivity index (χ2n) is 3.75. The molecule has 0 saturated carbocycles. The topological polar surface area (TPSA) is 45.6 Å². The van der Waals surface area contributed by atoms with Crippen LogP contribution in [0.1, 0.15) is 12.0 Å². The Hall–Kier alpha value is -1.72. The predicted octanol–water partition coefficient (Wildman–Crippen LogP) is 2.94. The van der Waals surface area contributed by atoms with Gasteiger partial charge in [-0.2, -0.15) is 10.1 Å². The highest BCUT2D eigenvalue weighted by molar-refractivity contribution is 7.13. The SMILES string of the molecule is O=C1CC(c2cccc(Cl)c2)=NN1c1nccs1. The van der Waals surface area contributed by atoms with Crippen LogP contribution in [0, 0.1) is 0 Å². The maximum absolute atomic E-state index is 11.9. The van der Waals surface area contributed by atoms with Gasteiger partial charge in [0, 0.05) is 16.6 Å². The molecule has 0 bridgehead atoms. The summed E-state index contributed by atoms with van der Waals surface area (Å²) in [6.45, 7) is 0. The smallest absolute Gasteiger partial charge is 0.255 e. The Labute approximate surface area is 113 Å². The van der Waals surface area contributed by atoms with Crippen molar-refractivity contribution in [2.45, 2.75) is 6.42 Å². The molecule has 1 aliphatic rings. The van der Waals surface area contributed by atoms with Crippen molar-refractivity contribution in [3.8, 4) is 0 Å². The fraction of sp³-hybridized carbons (Fsp3) is 0.0833. The van der Waals surface area contributed by atoms with E-state index in [1.54, 1.807) is 18.3 Å². The normalized spacial score (nSPS) is 15.1. The van der Waals surface area contributed by atoms with Crippen LogP contribution in [0.25, 0.3) is 0 Å². The van der Waals surface area contributed by atoms with E-state index in [1.165, 1.54) is 16.3 Å². The first-order valence-electron chi connectivity index (χ1n) is 5.30. The van der Waals surface area contributed by atoms with Crippen molar-refractivity contribution in [2.75, 3.05) is 5.01 Å². The number of hydrogen-bond acceptors (Lipinski definition) is 4. The minimum atomic E-state index is -0.0695. The summed E-state index contributed by atoms with van der Waals surface area (Å²) in [6, 6.07) is 7.33.